The largest absolute Gasteiger partial charge is 0.493 e. The monoisotopic (exact) mass is 489 g/mol. The van der Waals surface area contributed by atoms with Crippen LogP contribution in [-0.4, -0.2) is 79.0 Å². The smallest absolute Gasteiger partial charge is 0.264 e. The summed E-state index contributed by atoms with van der Waals surface area (Å²) >= 11 is 0. The van der Waals surface area contributed by atoms with Crippen LogP contribution in [0.25, 0.3) is 22.2 Å². The minimum Gasteiger partial charge on any atom is -0.493 e. The van der Waals surface area contributed by atoms with Gasteiger partial charge in [-0.05, 0) is 30.7 Å². The number of nitrogens with one attached hydrogen (secondary N) is 1. The van der Waals surface area contributed by atoms with Crippen LogP contribution in [0, 0.1) is 0 Å². The number of rotatable bonds is 10. The summed E-state index contributed by atoms with van der Waals surface area (Å²) in [6, 6.07) is 7.02. The number of methoxy groups -OCH3 is 1. The van der Waals surface area contributed by atoms with Gasteiger partial charge >= 0.3 is 0 Å². The Balaban J connectivity index is 1.55. The molecule has 0 atom stereocenters. The molecule has 9 nitrogen and oxygen atoms in total. The molecule has 1 saturated heterocycles. The molecular weight excluding hydrogens is 460 g/mol. The number of halogens is 2. The van der Waals surface area contributed by atoms with Gasteiger partial charge in [0.2, 0.25) is 0 Å². The summed E-state index contributed by atoms with van der Waals surface area (Å²) in [6.45, 7) is 4.24. The van der Waals surface area contributed by atoms with E-state index < -0.39 is 13.0 Å². The summed E-state index contributed by atoms with van der Waals surface area (Å²) in [5.74, 6) is 1.19. The summed E-state index contributed by atoms with van der Waals surface area (Å²) in [6.07, 6.45) is -0.340. The topological polar surface area (TPSA) is 90.7 Å². The first-order valence-corrected chi connectivity index (χ1v) is 11.5. The molecule has 0 saturated carbocycles. The Hall–Kier alpha value is -3.31. The fraction of sp³-hybridized carbons (Fsp3) is 0.458. The van der Waals surface area contributed by atoms with Crippen molar-refractivity contribution in [3.63, 3.8) is 0 Å². The Morgan fingerprint density at radius 2 is 2.00 bits per heavy atom. The average molecular weight is 490 g/mol. The first-order chi connectivity index (χ1) is 17.0. The molecule has 1 fully saturated rings. The molecule has 188 valence electrons. The van der Waals surface area contributed by atoms with Crippen molar-refractivity contribution in [1.82, 2.24) is 19.4 Å². The van der Waals surface area contributed by atoms with Crippen LogP contribution < -0.4 is 20.3 Å². The molecule has 1 aliphatic heterocycles. The number of fused-ring (bicyclic) bond motifs is 1. The first kappa shape index (κ1) is 24.8. The van der Waals surface area contributed by atoms with E-state index in [2.05, 4.69) is 20.2 Å². The Bertz CT molecular complexity index is 1210. The molecular formula is C24H29F2N5O4. The lowest BCUT2D eigenvalue weighted by Crippen LogP contribution is -2.37. The van der Waals surface area contributed by atoms with Gasteiger partial charge in [0.25, 0.3) is 12.0 Å². The van der Waals surface area contributed by atoms with Crippen molar-refractivity contribution in [2.24, 2.45) is 7.05 Å². The molecule has 35 heavy (non-hydrogen) atoms. The summed E-state index contributed by atoms with van der Waals surface area (Å²) in [5, 5.41) is 2.74. The highest BCUT2D eigenvalue weighted by molar-refractivity contribution is 5.91. The van der Waals surface area contributed by atoms with Crippen molar-refractivity contribution >= 4 is 16.7 Å². The maximum Gasteiger partial charge on any atom is 0.264 e. The maximum absolute atomic E-state index is 12.9. The van der Waals surface area contributed by atoms with Crippen LogP contribution in [-0.2, 0) is 11.8 Å². The van der Waals surface area contributed by atoms with Crippen LogP contribution in [0.15, 0.2) is 35.4 Å². The predicted octanol–water partition coefficient (Wildman–Crippen LogP) is 2.78. The number of morpholine rings is 1. The Morgan fingerprint density at radius 1 is 1.20 bits per heavy atom. The normalized spacial score (nSPS) is 14.4. The number of hydrogen-bond acceptors (Lipinski definition) is 8. The Labute approximate surface area is 201 Å². The number of aryl methyl sites for hydroxylation is 1. The quantitative estimate of drug-likeness (QED) is 0.435. The van der Waals surface area contributed by atoms with E-state index in [-0.39, 0.29) is 16.8 Å². The second-order valence-corrected chi connectivity index (χ2v) is 8.20. The van der Waals surface area contributed by atoms with Crippen LogP contribution in [0.2, 0.25) is 0 Å². The summed E-state index contributed by atoms with van der Waals surface area (Å²) in [4.78, 5) is 23.7. The van der Waals surface area contributed by atoms with E-state index in [1.165, 1.54) is 10.9 Å². The second kappa shape index (κ2) is 11.4. The lowest BCUT2D eigenvalue weighted by atomic mass is 10.1. The molecule has 0 spiro atoms. The SMILES string of the molecule is COc1cc(-c2cc3ncn(C)c(=O)c3c(NCC(F)F)n2)ccc1OCCCN1CCOCC1. The maximum atomic E-state index is 12.9. The fourth-order valence-corrected chi connectivity index (χ4v) is 3.91. The standard InChI is InChI=1S/C24H29F2N5O4/c1-30-15-28-18-13-17(29-23(22(18)24(30)32)27-14-21(25)26)16-4-5-19(20(12-16)33-2)35-9-3-6-31-7-10-34-11-8-31/h4-5,12-13,15,21H,3,6-11,14H2,1-2H3,(H,27,29). The van der Waals surface area contributed by atoms with E-state index in [0.29, 0.717) is 34.9 Å². The van der Waals surface area contributed by atoms with Crippen molar-refractivity contribution in [2.45, 2.75) is 12.8 Å². The number of aromatic nitrogens is 3. The van der Waals surface area contributed by atoms with Gasteiger partial charge in [0.15, 0.2) is 11.5 Å². The van der Waals surface area contributed by atoms with E-state index in [1.807, 2.05) is 6.07 Å². The van der Waals surface area contributed by atoms with Gasteiger partial charge in [-0.1, -0.05) is 0 Å². The molecule has 0 aliphatic carbocycles. The van der Waals surface area contributed by atoms with Crippen LogP contribution in [0.4, 0.5) is 14.6 Å². The number of ether oxygens (including phenoxy) is 3. The highest BCUT2D eigenvalue weighted by atomic mass is 19.3. The van der Waals surface area contributed by atoms with Gasteiger partial charge in [0.1, 0.15) is 11.2 Å². The lowest BCUT2D eigenvalue weighted by Gasteiger charge is -2.26. The highest BCUT2D eigenvalue weighted by Gasteiger charge is 2.16. The van der Waals surface area contributed by atoms with E-state index in [4.69, 9.17) is 14.2 Å². The van der Waals surface area contributed by atoms with Crippen molar-refractivity contribution in [1.29, 1.82) is 0 Å². The highest BCUT2D eigenvalue weighted by Crippen LogP contribution is 2.33. The van der Waals surface area contributed by atoms with Crippen LogP contribution in [0.5, 0.6) is 11.5 Å². The van der Waals surface area contributed by atoms with Crippen LogP contribution >= 0.6 is 0 Å². The first-order valence-electron chi connectivity index (χ1n) is 11.5. The fourth-order valence-electron chi connectivity index (χ4n) is 3.91. The van der Waals surface area contributed by atoms with Gasteiger partial charge in [0.05, 0.1) is 51.0 Å². The van der Waals surface area contributed by atoms with Crippen LogP contribution in [0.1, 0.15) is 6.42 Å². The summed E-state index contributed by atoms with van der Waals surface area (Å²) < 4.78 is 43.9. The number of alkyl halides is 2. The number of anilines is 1. The molecule has 0 unspecified atom stereocenters. The zero-order valence-corrected chi connectivity index (χ0v) is 19.8. The molecule has 1 aliphatic rings. The minimum absolute atomic E-state index is 0.0638. The van der Waals surface area contributed by atoms with E-state index in [1.54, 1.807) is 32.4 Å². The molecule has 3 heterocycles. The second-order valence-electron chi connectivity index (χ2n) is 8.20. The Morgan fingerprint density at radius 3 is 2.74 bits per heavy atom. The number of hydrogen-bond donors (Lipinski definition) is 1. The number of benzene rings is 1. The van der Waals surface area contributed by atoms with Crippen molar-refractivity contribution < 1.29 is 23.0 Å². The van der Waals surface area contributed by atoms with Crippen molar-refractivity contribution in [3.05, 3.63) is 40.9 Å². The van der Waals surface area contributed by atoms with Gasteiger partial charge in [-0.25, -0.2) is 18.7 Å². The van der Waals surface area contributed by atoms with Crippen molar-refractivity contribution in [2.75, 3.05) is 58.4 Å². The molecule has 3 aromatic rings. The van der Waals surface area contributed by atoms with Gasteiger partial charge in [-0.3, -0.25) is 9.69 Å². The third-order valence-corrected chi connectivity index (χ3v) is 5.77. The molecule has 0 bridgehead atoms. The minimum atomic E-state index is -2.60. The predicted molar refractivity (Wildman–Crippen MR) is 129 cm³/mol. The zero-order valence-electron chi connectivity index (χ0n) is 19.8. The third kappa shape index (κ3) is 6.04. The van der Waals surface area contributed by atoms with Gasteiger partial charge in [0, 0.05) is 32.2 Å². The molecule has 2 aromatic heterocycles. The van der Waals surface area contributed by atoms with Gasteiger partial charge in [-0.2, -0.15) is 0 Å². The molecule has 4 rings (SSSR count). The molecule has 1 aromatic carbocycles. The van der Waals surface area contributed by atoms with E-state index in [9.17, 15) is 13.6 Å². The summed E-state index contributed by atoms with van der Waals surface area (Å²) in [7, 11) is 3.10. The van der Waals surface area contributed by atoms with E-state index >= 15 is 0 Å². The number of nitrogens with zero attached hydrogens (tertiary/aromatic N) is 4. The van der Waals surface area contributed by atoms with Gasteiger partial charge in [-0.15, -0.1) is 0 Å². The lowest BCUT2D eigenvalue weighted by molar-refractivity contribution is 0.0357. The van der Waals surface area contributed by atoms with Gasteiger partial charge < -0.3 is 24.1 Å². The summed E-state index contributed by atoms with van der Waals surface area (Å²) in [5.41, 5.74) is 1.13. The molecule has 11 heteroatoms. The van der Waals surface area contributed by atoms with E-state index in [0.717, 1.165) is 39.3 Å². The molecule has 1 N–H and O–H groups in total. The molecule has 0 radical (unpaired) electrons. The van der Waals surface area contributed by atoms with Crippen molar-refractivity contribution in [3.8, 4) is 22.8 Å². The third-order valence-electron chi connectivity index (χ3n) is 5.77. The zero-order chi connectivity index (χ0) is 24.8. The number of pyridine rings is 1. The molecule has 0 amide bonds. The Kier molecular flexibility index (Phi) is 8.09. The average Bonchev–Trinajstić information content (AvgIpc) is 2.87. The van der Waals surface area contributed by atoms with Crippen LogP contribution in [0.3, 0.4) is 0 Å².